The number of aliphatic hydroxyl groups excluding tert-OH is 1. The molecule has 0 heterocycles. The molecule has 1 aliphatic rings. The number of nitrogens with two attached hydrogens (primary N) is 1. The number of hydrogen-bond donors (Lipinski definition) is 4. The van der Waals surface area contributed by atoms with Crippen molar-refractivity contribution in [1.82, 2.24) is 5.32 Å². The second-order valence-corrected chi connectivity index (χ2v) is 5.49. The molecule has 0 unspecified atom stereocenters. The Labute approximate surface area is 119 Å². The highest BCUT2D eigenvalue weighted by atomic mass is 16.3. The minimum absolute atomic E-state index is 0.107. The van der Waals surface area contributed by atoms with Crippen molar-refractivity contribution in [2.24, 2.45) is 5.41 Å². The summed E-state index contributed by atoms with van der Waals surface area (Å²) in [5.74, 6) is -0.107. The molecule has 0 bridgehead atoms. The summed E-state index contributed by atoms with van der Waals surface area (Å²) in [6, 6.07) is 5.31. The second kappa shape index (κ2) is 6.13. The van der Waals surface area contributed by atoms with Gasteiger partial charge in [0.25, 0.3) is 5.91 Å². The molecular formula is C15H23N3O2. The van der Waals surface area contributed by atoms with Gasteiger partial charge in [-0.05, 0) is 49.8 Å². The molecule has 1 fully saturated rings. The monoisotopic (exact) mass is 277 g/mol. The molecule has 5 nitrogen and oxygen atoms in total. The van der Waals surface area contributed by atoms with E-state index in [2.05, 4.69) is 10.6 Å². The summed E-state index contributed by atoms with van der Waals surface area (Å²) < 4.78 is 0. The van der Waals surface area contributed by atoms with Gasteiger partial charge in [0.2, 0.25) is 0 Å². The van der Waals surface area contributed by atoms with Gasteiger partial charge in [0.1, 0.15) is 0 Å². The standard InChI is InChI=1S/C15H23N3O2/c1-2-17-14(20)11-3-4-13(12(16)9-11)18-10-15(5-6-15)7-8-19/h3-4,9,18-19H,2,5-8,10,16H2,1H3,(H,17,20). The normalized spacial score (nSPS) is 15.7. The smallest absolute Gasteiger partial charge is 0.251 e. The van der Waals surface area contributed by atoms with Gasteiger partial charge in [-0.2, -0.15) is 0 Å². The fourth-order valence-corrected chi connectivity index (χ4v) is 2.34. The molecule has 0 saturated heterocycles. The Bertz CT molecular complexity index is 484. The van der Waals surface area contributed by atoms with Crippen molar-refractivity contribution in [2.45, 2.75) is 26.2 Å². The van der Waals surface area contributed by atoms with Gasteiger partial charge in [-0.25, -0.2) is 0 Å². The molecule has 0 radical (unpaired) electrons. The van der Waals surface area contributed by atoms with Gasteiger partial charge >= 0.3 is 0 Å². The average Bonchev–Trinajstić information content (AvgIpc) is 3.18. The maximum absolute atomic E-state index is 11.7. The summed E-state index contributed by atoms with van der Waals surface area (Å²) in [4.78, 5) is 11.7. The number of benzene rings is 1. The molecule has 5 N–H and O–H groups in total. The van der Waals surface area contributed by atoms with Crippen LogP contribution in [0.5, 0.6) is 0 Å². The SMILES string of the molecule is CCNC(=O)c1ccc(NCC2(CCO)CC2)c(N)c1. The lowest BCUT2D eigenvalue weighted by Gasteiger charge is -2.17. The van der Waals surface area contributed by atoms with E-state index >= 15 is 0 Å². The van der Waals surface area contributed by atoms with E-state index in [1.807, 2.05) is 13.0 Å². The van der Waals surface area contributed by atoms with E-state index in [0.29, 0.717) is 17.8 Å². The minimum Gasteiger partial charge on any atom is -0.397 e. The topological polar surface area (TPSA) is 87.4 Å². The Kier molecular flexibility index (Phi) is 4.49. The van der Waals surface area contributed by atoms with Crippen LogP contribution in [0.25, 0.3) is 0 Å². The molecule has 0 atom stereocenters. The Morgan fingerprint density at radius 3 is 2.75 bits per heavy atom. The summed E-state index contributed by atoms with van der Waals surface area (Å²) in [6.07, 6.45) is 3.13. The van der Waals surface area contributed by atoms with Gasteiger partial charge in [-0.3, -0.25) is 4.79 Å². The predicted molar refractivity (Wildman–Crippen MR) is 80.7 cm³/mol. The highest BCUT2D eigenvalue weighted by Crippen LogP contribution is 2.48. The fraction of sp³-hybridized carbons (Fsp3) is 0.533. The molecule has 1 aliphatic carbocycles. The minimum atomic E-state index is -0.107. The number of amides is 1. The predicted octanol–water partition coefficient (Wildman–Crippen LogP) is 1.59. The molecule has 1 amide bonds. The van der Waals surface area contributed by atoms with Crippen molar-refractivity contribution in [3.8, 4) is 0 Å². The first-order valence-corrected chi connectivity index (χ1v) is 7.13. The van der Waals surface area contributed by atoms with Crippen molar-refractivity contribution < 1.29 is 9.90 Å². The fourth-order valence-electron chi connectivity index (χ4n) is 2.34. The lowest BCUT2D eigenvalue weighted by Crippen LogP contribution is -2.23. The zero-order valence-electron chi connectivity index (χ0n) is 11.9. The van der Waals surface area contributed by atoms with E-state index < -0.39 is 0 Å². The molecule has 2 rings (SSSR count). The Morgan fingerprint density at radius 1 is 1.45 bits per heavy atom. The van der Waals surface area contributed by atoms with Crippen LogP contribution in [0, 0.1) is 5.41 Å². The van der Waals surface area contributed by atoms with Crippen molar-refractivity contribution in [2.75, 3.05) is 30.7 Å². The lowest BCUT2D eigenvalue weighted by molar-refractivity contribution is 0.0956. The van der Waals surface area contributed by atoms with Crippen LogP contribution in [0.15, 0.2) is 18.2 Å². The summed E-state index contributed by atoms with van der Waals surface area (Å²) >= 11 is 0. The summed E-state index contributed by atoms with van der Waals surface area (Å²) in [5, 5.41) is 15.1. The second-order valence-electron chi connectivity index (χ2n) is 5.49. The lowest BCUT2D eigenvalue weighted by atomic mass is 10.0. The van der Waals surface area contributed by atoms with Crippen molar-refractivity contribution in [1.29, 1.82) is 0 Å². The van der Waals surface area contributed by atoms with Gasteiger partial charge in [-0.15, -0.1) is 0 Å². The summed E-state index contributed by atoms with van der Waals surface area (Å²) in [6.45, 7) is 3.53. The van der Waals surface area contributed by atoms with E-state index in [4.69, 9.17) is 10.8 Å². The molecular weight excluding hydrogens is 254 g/mol. The third-order valence-electron chi connectivity index (χ3n) is 3.90. The molecule has 1 aromatic rings. The Hall–Kier alpha value is -1.75. The zero-order valence-corrected chi connectivity index (χ0v) is 11.9. The summed E-state index contributed by atoms with van der Waals surface area (Å²) in [5.41, 5.74) is 8.22. The van der Waals surface area contributed by atoms with Crippen LogP contribution in [0.2, 0.25) is 0 Å². The molecule has 0 aromatic heterocycles. The Balaban J connectivity index is 1.98. The van der Waals surface area contributed by atoms with Crippen LogP contribution in [-0.2, 0) is 0 Å². The molecule has 5 heteroatoms. The number of anilines is 2. The van der Waals surface area contributed by atoms with Crippen LogP contribution < -0.4 is 16.4 Å². The average molecular weight is 277 g/mol. The molecule has 0 aliphatic heterocycles. The molecule has 20 heavy (non-hydrogen) atoms. The van der Waals surface area contributed by atoms with E-state index in [9.17, 15) is 4.79 Å². The molecule has 1 aromatic carbocycles. The third-order valence-corrected chi connectivity index (χ3v) is 3.90. The molecule has 110 valence electrons. The number of rotatable bonds is 7. The van der Waals surface area contributed by atoms with Gasteiger partial charge in [-0.1, -0.05) is 0 Å². The Morgan fingerprint density at radius 2 is 2.20 bits per heavy atom. The number of nitrogens with one attached hydrogen (secondary N) is 2. The van der Waals surface area contributed by atoms with Crippen molar-refractivity contribution >= 4 is 17.3 Å². The number of nitrogen functional groups attached to an aromatic ring is 1. The van der Waals surface area contributed by atoms with Crippen LogP contribution in [-0.4, -0.2) is 30.7 Å². The van der Waals surface area contributed by atoms with Gasteiger partial charge in [0.15, 0.2) is 0 Å². The summed E-state index contributed by atoms with van der Waals surface area (Å²) in [7, 11) is 0. The maximum atomic E-state index is 11.7. The van der Waals surface area contributed by atoms with E-state index in [-0.39, 0.29) is 17.9 Å². The van der Waals surface area contributed by atoms with Crippen LogP contribution in [0.1, 0.15) is 36.5 Å². The van der Waals surface area contributed by atoms with Crippen LogP contribution in [0.4, 0.5) is 11.4 Å². The number of aliphatic hydroxyl groups is 1. The van der Waals surface area contributed by atoms with Gasteiger partial charge < -0.3 is 21.5 Å². The van der Waals surface area contributed by atoms with Crippen LogP contribution in [0.3, 0.4) is 0 Å². The van der Waals surface area contributed by atoms with E-state index in [0.717, 1.165) is 31.5 Å². The van der Waals surface area contributed by atoms with Crippen LogP contribution >= 0.6 is 0 Å². The van der Waals surface area contributed by atoms with Gasteiger partial charge in [0, 0.05) is 25.3 Å². The maximum Gasteiger partial charge on any atom is 0.251 e. The van der Waals surface area contributed by atoms with E-state index in [1.165, 1.54) is 0 Å². The largest absolute Gasteiger partial charge is 0.397 e. The first-order chi connectivity index (χ1) is 9.60. The quantitative estimate of drug-likeness (QED) is 0.570. The highest BCUT2D eigenvalue weighted by Gasteiger charge is 2.41. The third kappa shape index (κ3) is 3.42. The highest BCUT2D eigenvalue weighted by molar-refractivity contribution is 5.96. The molecule has 0 spiro atoms. The van der Waals surface area contributed by atoms with Gasteiger partial charge in [0.05, 0.1) is 11.4 Å². The first kappa shape index (κ1) is 14.7. The van der Waals surface area contributed by atoms with Crippen molar-refractivity contribution in [3.63, 3.8) is 0 Å². The first-order valence-electron chi connectivity index (χ1n) is 7.13. The number of carbonyl (C=O) groups is 1. The zero-order chi connectivity index (χ0) is 14.6. The number of hydrogen-bond acceptors (Lipinski definition) is 4. The van der Waals surface area contributed by atoms with E-state index in [1.54, 1.807) is 12.1 Å². The number of carbonyl (C=O) groups excluding carboxylic acids is 1. The molecule has 1 saturated carbocycles. The van der Waals surface area contributed by atoms with Crippen molar-refractivity contribution in [3.05, 3.63) is 23.8 Å².